The quantitative estimate of drug-likeness (QED) is 0.468. The fourth-order valence-corrected chi connectivity index (χ4v) is 3.82. The van der Waals surface area contributed by atoms with E-state index in [2.05, 4.69) is 27.5 Å². The highest BCUT2D eigenvalue weighted by Crippen LogP contribution is 2.36. The minimum absolute atomic E-state index is 0.479. The monoisotopic (exact) mass is 424 g/mol. The van der Waals surface area contributed by atoms with Crippen LogP contribution in [0.2, 0.25) is 5.02 Å². The molecule has 0 aliphatic heterocycles. The van der Waals surface area contributed by atoms with Crippen LogP contribution in [0.3, 0.4) is 0 Å². The Bertz CT molecular complexity index is 788. The Morgan fingerprint density at radius 2 is 2.04 bits per heavy atom. The molecule has 1 aromatic heterocycles. The van der Waals surface area contributed by atoms with E-state index in [4.69, 9.17) is 21.1 Å². The maximum Gasteiger partial charge on any atom is 0.191 e. The maximum absolute atomic E-state index is 6.34. The molecule has 0 unspecified atom stereocenters. The number of hydrogen-bond donors (Lipinski definition) is 2. The largest absolute Gasteiger partial charge is 0.493 e. The number of benzene rings is 1. The van der Waals surface area contributed by atoms with Crippen molar-refractivity contribution in [1.82, 2.24) is 15.6 Å². The van der Waals surface area contributed by atoms with Gasteiger partial charge >= 0.3 is 0 Å². The highest BCUT2D eigenvalue weighted by atomic mass is 35.5. The van der Waals surface area contributed by atoms with Gasteiger partial charge in [0, 0.05) is 24.4 Å². The van der Waals surface area contributed by atoms with Gasteiger partial charge in [0.05, 0.1) is 36.0 Å². The molecule has 0 aliphatic rings. The summed E-state index contributed by atoms with van der Waals surface area (Å²) in [5.74, 6) is 1.95. The van der Waals surface area contributed by atoms with Crippen molar-refractivity contribution in [3.8, 4) is 11.5 Å². The predicted octanol–water partition coefficient (Wildman–Crippen LogP) is 4.12. The molecule has 0 bridgehead atoms. The van der Waals surface area contributed by atoms with Crippen molar-refractivity contribution in [3.63, 3.8) is 0 Å². The number of rotatable bonds is 9. The number of ether oxygens (including phenoxy) is 2. The number of nitrogens with zero attached hydrogens (tertiary/aromatic N) is 2. The van der Waals surface area contributed by atoms with Crippen LogP contribution < -0.4 is 20.1 Å². The van der Waals surface area contributed by atoms with Gasteiger partial charge in [0.15, 0.2) is 17.5 Å². The first kappa shape index (κ1) is 22.3. The molecule has 0 aliphatic carbocycles. The average Bonchev–Trinajstić information content (AvgIpc) is 2.99. The molecule has 28 heavy (non-hydrogen) atoms. The van der Waals surface area contributed by atoms with Crippen molar-refractivity contribution >= 4 is 28.9 Å². The predicted molar refractivity (Wildman–Crippen MR) is 117 cm³/mol. The molecule has 0 saturated heterocycles. The Morgan fingerprint density at radius 1 is 1.25 bits per heavy atom. The maximum atomic E-state index is 6.34. The van der Waals surface area contributed by atoms with E-state index in [9.17, 15) is 0 Å². The minimum Gasteiger partial charge on any atom is -0.493 e. The molecule has 6 nitrogen and oxygen atoms in total. The van der Waals surface area contributed by atoms with Crippen LogP contribution in [0.25, 0.3) is 0 Å². The number of aromatic nitrogens is 1. The SMILES string of the molecule is CCNC(=NCc1cc(Cl)c(OCC)c(OC)c1)NCCc1nc(C)c(C)s1. The normalized spacial score (nSPS) is 11.4. The fraction of sp³-hybridized carbons (Fsp3) is 0.500. The third-order valence-electron chi connectivity index (χ3n) is 4.05. The van der Waals surface area contributed by atoms with Crippen molar-refractivity contribution < 1.29 is 9.47 Å². The molecule has 2 aromatic rings. The van der Waals surface area contributed by atoms with E-state index in [1.54, 1.807) is 18.4 Å². The van der Waals surface area contributed by atoms with Crippen LogP contribution in [0, 0.1) is 13.8 Å². The standard InChI is InChI=1S/C20H29ClN4O2S/c1-6-22-20(23-9-8-18-25-13(3)14(4)28-18)24-12-15-10-16(21)19(27-7-2)17(11-15)26-5/h10-11H,6-9,12H2,1-5H3,(H2,22,23,24). The average molecular weight is 425 g/mol. The fourth-order valence-electron chi connectivity index (χ4n) is 2.59. The lowest BCUT2D eigenvalue weighted by atomic mass is 10.2. The second kappa shape index (κ2) is 11.1. The summed E-state index contributed by atoms with van der Waals surface area (Å²) < 4.78 is 11.0. The third kappa shape index (κ3) is 6.27. The second-order valence-corrected chi connectivity index (χ2v) is 7.86. The Labute approximate surface area is 176 Å². The number of thiazole rings is 1. The second-order valence-electron chi connectivity index (χ2n) is 6.16. The first-order valence-electron chi connectivity index (χ1n) is 9.42. The van der Waals surface area contributed by atoms with Crippen LogP contribution in [0.1, 0.15) is 35.0 Å². The Morgan fingerprint density at radius 3 is 2.64 bits per heavy atom. The summed E-state index contributed by atoms with van der Waals surface area (Å²) in [6.07, 6.45) is 0.868. The van der Waals surface area contributed by atoms with E-state index in [1.165, 1.54) is 4.88 Å². The van der Waals surface area contributed by atoms with Crippen LogP contribution in [0.15, 0.2) is 17.1 Å². The number of guanidine groups is 1. The summed E-state index contributed by atoms with van der Waals surface area (Å²) in [5, 5.41) is 8.29. The zero-order valence-electron chi connectivity index (χ0n) is 17.2. The highest BCUT2D eigenvalue weighted by molar-refractivity contribution is 7.11. The lowest BCUT2D eigenvalue weighted by Crippen LogP contribution is -2.38. The molecular formula is C20H29ClN4O2S. The zero-order chi connectivity index (χ0) is 20.5. The van der Waals surface area contributed by atoms with Gasteiger partial charge in [0.1, 0.15) is 0 Å². The van der Waals surface area contributed by atoms with E-state index in [-0.39, 0.29) is 0 Å². The van der Waals surface area contributed by atoms with Crippen molar-refractivity contribution in [3.05, 3.63) is 38.3 Å². The molecule has 1 aromatic carbocycles. The number of aryl methyl sites for hydroxylation is 2. The molecule has 0 atom stereocenters. The first-order chi connectivity index (χ1) is 13.5. The summed E-state index contributed by atoms with van der Waals surface area (Å²) in [5.41, 5.74) is 2.07. The molecule has 8 heteroatoms. The number of halogens is 1. The molecule has 0 spiro atoms. The number of nitrogens with one attached hydrogen (secondary N) is 2. The lowest BCUT2D eigenvalue weighted by molar-refractivity contribution is 0.311. The van der Waals surface area contributed by atoms with Crippen LogP contribution in [-0.2, 0) is 13.0 Å². The van der Waals surface area contributed by atoms with Gasteiger partial charge < -0.3 is 20.1 Å². The Kier molecular flexibility index (Phi) is 8.86. The number of hydrogen-bond acceptors (Lipinski definition) is 5. The van der Waals surface area contributed by atoms with E-state index in [0.717, 1.165) is 41.7 Å². The summed E-state index contributed by atoms with van der Waals surface area (Å²) in [7, 11) is 1.61. The summed E-state index contributed by atoms with van der Waals surface area (Å²) in [6.45, 7) is 10.7. The van der Waals surface area contributed by atoms with Gasteiger partial charge in [-0.2, -0.15) is 0 Å². The molecule has 154 valence electrons. The molecule has 0 saturated carbocycles. The van der Waals surface area contributed by atoms with Gasteiger partial charge in [-0.1, -0.05) is 11.6 Å². The lowest BCUT2D eigenvalue weighted by Gasteiger charge is -2.13. The van der Waals surface area contributed by atoms with Gasteiger partial charge in [0.25, 0.3) is 0 Å². The van der Waals surface area contributed by atoms with Crippen LogP contribution in [0.5, 0.6) is 11.5 Å². The van der Waals surface area contributed by atoms with Crippen molar-refractivity contribution in [2.45, 2.75) is 40.7 Å². The summed E-state index contributed by atoms with van der Waals surface area (Å²) >= 11 is 8.09. The van der Waals surface area contributed by atoms with Crippen LogP contribution in [0.4, 0.5) is 0 Å². The number of methoxy groups -OCH3 is 1. The van der Waals surface area contributed by atoms with Crippen molar-refractivity contribution in [2.75, 3.05) is 26.8 Å². The smallest absolute Gasteiger partial charge is 0.191 e. The third-order valence-corrected chi connectivity index (χ3v) is 5.46. The first-order valence-corrected chi connectivity index (χ1v) is 10.6. The van der Waals surface area contributed by atoms with Crippen molar-refractivity contribution in [1.29, 1.82) is 0 Å². The van der Waals surface area contributed by atoms with Gasteiger partial charge in [0.2, 0.25) is 0 Å². The van der Waals surface area contributed by atoms with E-state index < -0.39 is 0 Å². The topological polar surface area (TPSA) is 67.8 Å². The van der Waals surface area contributed by atoms with E-state index >= 15 is 0 Å². The Hall–Kier alpha value is -1.99. The number of aliphatic imine (C=N–C) groups is 1. The van der Waals surface area contributed by atoms with Gasteiger partial charge in [-0.25, -0.2) is 9.98 Å². The molecule has 2 N–H and O–H groups in total. The van der Waals surface area contributed by atoms with Gasteiger partial charge in [-0.05, 0) is 45.4 Å². The van der Waals surface area contributed by atoms with E-state index in [1.807, 2.05) is 32.9 Å². The molecule has 2 rings (SSSR count). The van der Waals surface area contributed by atoms with Gasteiger partial charge in [-0.3, -0.25) is 0 Å². The van der Waals surface area contributed by atoms with Crippen molar-refractivity contribution in [2.24, 2.45) is 4.99 Å². The summed E-state index contributed by atoms with van der Waals surface area (Å²) in [4.78, 5) is 10.5. The van der Waals surface area contributed by atoms with Crippen LogP contribution in [-0.4, -0.2) is 37.7 Å². The molecule has 0 radical (unpaired) electrons. The zero-order valence-corrected chi connectivity index (χ0v) is 18.8. The van der Waals surface area contributed by atoms with Crippen LogP contribution >= 0.6 is 22.9 Å². The Balaban J connectivity index is 2.02. The summed E-state index contributed by atoms with van der Waals surface area (Å²) in [6, 6.07) is 3.77. The molecule has 1 heterocycles. The highest BCUT2D eigenvalue weighted by Gasteiger charge is 2.11. The van der Waals surface area contributed by atoms with Gasteiger partial charge in [-0.15, -0.1) is 11.3 Å². The van der Waals surface area contributed by atoms with E-state index in [0.29, 0.717) is 29.7 Å². The minimum atomic E-state index is 0.479. The molecular weight excluding hydrogens is 396 g/mol. The molecule has 0 fully saturated rings. The molecule has 0 amide bonds.